The summed E-state index contributed by atoms with van der Waals surface area (Å²) in [4.78, 5) is 13.7. The van der Waals surface area contributed by atoms with Gasteiger partial charge in [-0.2, -0.15) is 0 Å². The Morgan fingerprint density at radius 2 is 2.15 bits per heavy atom. The van der Waals surface area contributed by atoms with Gasteiger partial charge in [-0.1, -0.05) is 6.07 Å². The van der Waals surface area contributed by atoms with Gasteiger partial charge in [0.25, 0.3) is 0 Å². The van der Waals surface area contributed by atoms with E-state index in [2.05, 4.69) is 5.32 Å². The monoisotopic (exact) mass is 284 g/mol. The molecule has 1 aromatic carbocycles. The van der Waals surface area contributed by atoms with Crippen LogP contribution < -0.4 is 5.32 Å². The van der Waals surface area contributed by atoms with Gasteiger partial charge in [0.05, 0.1) is 18.2 Å². The summed E-state index contributed by atoms with van der Waals surface area (Å²) in [5.74, 6) is -2.00. The van der Waals surface area contributed by atoms with Crippen LogP contribution in [0.15, 0.2) is 18.2 Å². The molecule has 110 valence electrons. The Labute approximate surface area is 116 Å². The van der Waals surface area contributed by atoms with Crippen molar-refractivity contribution in [2.24, 2.45) is 0 Å². The SMILES string of the molecule is CC(c1ccc(F)c(F)c1)N(C)C(=O)C1CC(O)CN1. The Morgan fingerprint density at radius 1 is 1.45 bits per heavy atom. The van der Waals surface area contributed by atoms with Crippen molar-refractivity contribution in [2.75, 3.05) is 13.6 Å². The predicted octanol–water partition coefficient (Wildman–Crippen LogP) is 1.21. The van der Waals surface area contributed by atoms with E-state index in [4.69, 9.17) is 0 Å². The van der Waals surface area contributed by atoms with Crippen LogP contribution in [0.5, 0.6) is 0 Å². The highest BCUT2D eigenvalue weighted by atomic mass is 19.2. The molecule has 1 saturated heterocycles. The van der Waals surface area contributed by atoms with Crippen LogP contribution in [-0.4, -0.2) is 41.7 Å². The number of carbonyl (C=O) groups excluding carboxylic acids is 1. The normalized spacial score (nSPS) is 23.6. The lowest BCUT2D eigenvalue weighted by Crippen LogP contribution is -2.42. The predicted molar refractivity (Wildman–Crippen MR) is 70.0 cm³/mol. The molecule has 1 heterocycles. The van der Waals surface area contributed by atoms with Gasteiger partial charge in [0, 0.05) is 13.6 Å². The van der Waals surface area contributed by atoms with E-state index in [1.165, 1.54) is 11.0 Å². The summed E-state index contributed by atoms with van der Waals surface area (Å²) in [6.45, 7) is 2.14. The number of nitrogens with one attached hydrogen (secondary N) is 1. The average molecular weight is 284 g/mol. The van der Waals surface area contributed by atoms with Crippen LogP contribution in [0.25, 0.3) is 0 Å². The van der Waals surface area contributed by atoms with Gasteiger partial charge in [-0.15, -0.1) is 0 Å². The molecule has 1 aliphatic rings. The minimum Gasteiger partial charge on any atom is -0.392 e. The maximum absolute atomic E-state index is 13.2. The first kappa shape index (κ1) is 14.9. The van der Waals surface area contributed by atoms with Crippen molar-refractivity contribution in [1.82, 2.24) is 10.2 Å². The van der Waals surface area contributed by atoms with Gasteiger partial charge >= 0.3 is 0 Å². The van der Waals surface area contributed by atoms with Crippen LogP contribution in [0.1, 0.15) is 24.9 Å². The smallest absolute Gasteiger partial charge is 0.240 e. The second kappa shape index (κ2) is 5.85. The summed E-state index contributed by atoms with van der Waals surface area (Å²) in [5, 5.41) is 12.4. The van der Waals surface area contributed by atoms with Crippen molar-refractivity contribution < 1.29 is 18.7 Å². The molecule has 1 fully saturated rings. The zero-order valence-corrected chi connectivity index (χ0v) is 11.4. The lowest BCUT2D eigenvalue weighted by Gasteiger charge is -2.28. The number of aliphatic hydroxyl groups excluding tert-OH is 1. The molecule has 20 heavy (non-hydrogen) atoms. The number of benzene rings is 1. The minimum absolute atomic E-state index is 0.168. The van der Waals surface area contributed by atoms with Crippen LogP contribution in [0.4, 0.5) is 8.78 Å². The molecule has 1 aliphatic heterocycles. The first-order valence-electron chi connectivity index (χ1n) is 6.53. The van der Waals surface area contributed by atoms with Crippen molar-refractivity contribution in [3.8, 4) is 0 Å². The number of aliphatic hydroxyl groups is 1. The molecule has 0 radical (unpaired) electrons. The molecule has 2 rings (SSSR count). The quantitative estimate of drug-likeness (QED) is 0.877. The number of hydrogen-bond donors (Lipinski definition) is 2. The number of rotatable bonds is 3. The zero-order chi connectivity index (χ0) is 14.9. The summed E-state index contributed by atoms with van der Waals surface area (Å²) < 4.78 is 26.1. The molecule has 0 bridgehead atoms. The van der Waals surface area contributed by atoms with Gasteiger partial charge in [-0.3, -0.25) is 4.79 Å². The largest absolute Gasteiger partial charge is 0.392 e. The molecule has 0 aliphatic carbocycles. The van der Waals surface area contributed by atoms with Crippen molar-refractivity contribution in [3.05, 3.63) is 35.4 Å². The number of β-amino-alcohol motifs (C(OH)–C–C–N with tert-alkyl or cyclic N) is 1. The van der Waals surface area contributed by atoms with E-state index in [0.717, 1.165) is 12.1 Å². The Bertz CT molecular complexity index is 510. The van der Waals surface area contributed by atoms with Crippen molar-refractivity contribution in [1.29, 1.82) is 0 Å². The lowest BCUT2D eigenvalue weighted by molar-refractivity contribution is -0.133. The Morgan fingerprint density at radius 3 is 2.70 bits per heavy atom. The highest BCUT2D eigenvalue weighted by Crippen LogP contribution is 2.22. The average Bonchev–Trinajstić information content (AvgIpc) is 2.86. The van der Waals surface area contributed by atoms with Crippen LogP contribution in [0.2, 0.25) is 0 Å². The Balaban J connectivity index is 2.09. The van der Waals surface area contributed by atoms with Crippen LogP contribution in [0, 0.1) is 11.6 Å². The maximum atomic E-state index is 13.2. The van der Waals surface area contributed by atoms with Gasteiger partial charge in [-0.25, -0.2) is 8.78 Å². The molecule has 3 atom stereocenters. The van der Waals surface area contributed by atoms with E-state index in [9.17, 15) is 18.7 Å². The third-order valence-corrected chi connectivity index (χ3v) is 3.76. The van der Waals surface area contributed by atoms with E-state index >= 15 is 0 Å². The summed E-state index contributed by atoms with van der Waals surface area (Å²) >= 11 is 0. The van der Waals surface area contributed by atoms with E-state index in [1.807, 2.05) is 0 Å². The van der Waals surface area contributed by atoms with Crippen molar-refractivity contribution in [3.63, 3.8) is 0 Å². The van der Waals surface area contributed by atoms with Gasteiger partial charge in [0.15, 0.2) is 11.6 Å². The molecule has 1 aromatic rings. The van der Waals surface area contributed by atoms with E-state index < -0.39 is 23.8 Å². The molecule has 4 nitrogen and oxygen atoms in total. The standard InChI is InChI=1S/C14H18F2N2O2/c1-8(9-3-4-11(15)12(16)5-9)18(2)14(20)13-6-10(19)7-17-13/h3-5,8,10,13,17,19H,6-7H2,1-2H3. The Kier molecular flexibility index (Phi) is 4.35. The molecular formula is C14H18F2N2O2. The number of amides is 1. The fraction of sp³-hybridized carbons (Fsp3) is 0.500. The van der Waals surface area contributed by atoms with Crippen LogP contribution in [0.3, 0.4) is 0 Å². The van der Waals surface area contributed by atoms with Gasteiger partial charge < -0.3 is 15.3 Å². The molecule has 6 heteroatoms. The number of carbonyl (C=O) groups is 1. The van der Waals surface area contributed by atoms with Gasteiger partial charge in [-0.05, 0) is 31.0 Å². The first-order chi connectivity index (χ1) is 9.40. The Hall–Kier alpha value is -1.53. The fourth-order valence-electron chi connectivity index (χ4n) is 2.34. The second-order valence-corrected chi connectivity index (χ2v) is 5.15. The molecule has 3 unspecified atom stereocenters. The second-order valence-electron chi connectivity index (χ2n) is 5.15. The summed E-state index contributed by atoms with van der Waals surface area (Å²) in [6, 6.07) is 2.81. The molecule has 0 saturated carbocycles. The van der Waals surface area contributed by atoms with Crippen LogP contribution >= 0.6 is 0 Å². The minimum atomic E-state index is -0.926. The molecule has 2 N–H and O–H groups in total. The number of halogens is 2. The van der Waals surface area contributed by atoms with E-state index in [-0.39, 0.29) is 11.9 Å². The molecule has 1 amide bonds. The highest BCUT2D eigenvalue weighted by Gasteiger charge is 2.31. The van der Waals surface area contributed by atoms with Gasteiger partial charge in [0.1, 0.15) is 0 Å². The number of nitrogens with zero attached hydrogens (tertiary/aromatic N) is 1. The van der Waals surface area contributed by atoms with E-state index in [0.29, 0.717) is 18.5 Å². The van der Waals surface area contributed by atoms with Crippen LogP contribution in [-0.2, 0) is 4.79 Å². The summed E-state index contributed by atoms with van der Waals surface area (Å²) in [7, 11) is 1.61. The van der Waals surface area contributed by atoms with Crippen molar-refractivity contribution >= 4 is 5.91 Å². The first-order valence-corrected chi connectivity index (χ1v) is 6.53. The maximum Gasteiger partial charge on any atom is 0.240 e. The van der Waals surface area contributed by atoms with Gasteiger partial charge in [0.2, 0.25) is 5.91 Å². The number of likely N-dealkylation sites (N-methyl/N-ethyl adjacent to an activating group) is 1. The zero-order valence-electron chi connectivity index (χ0n) is 11.4. The highest BCUT2D eigenvalue weighted by molar-refractivity contribution is 5.82. The van der Waals surface area contributed by atoms with E-state index in [1.54, 1.807) is 14.0 Å². The molecule has 0 aromatic heterocycles. The number of hydrogen-bond acceptors (Lipinski definition) is 3. The topological polar surface area (TPSA) is 52.6 Å². The summed E-state index contributed by atoms with van der Waals surface area (Å²) in [5.41, 5.74) is 0.526. The third kappa shape index (κ3) is 2.96. The lowest BCUT2D eigenvalue weighted by atomic mass is 10.1. The fourth-order valence-corrected chi connectivity index (χ4v) is 2.34. The molecule has 0 spiro atoms. The molecular weight excluding hydrogens is 266 g/mol. The summed E-state index contributed by atoms with van der Waals surface area (Å²) in [6.07, 6.45) is -0.149. The van der Waals surface area contributed by atoms with Crippen molar-refractivity contribution in [2.45, 2.75) is 31.5 Å². The third-order valence-electron chi connectivity index (χ3n) is 3.76.